The van der Waals surface area contributed by atoms with Gasteiger partial charge in [-0.15, -0.1) is 0 Å². The Morgan fingerprint density at radius 1 is 1.47 bits per heavy atom. The predicted molar refractivity (Wildman–Crippen MR) is 66.6 cm³/mol. The molecule has 1 aliphatic heterocycles. The Labute approximate surface area is 111 Å². The Morgan fingerprint density at radius 2 is 2.26 bits per heavy atom. The van der Waals surface area contributed by atoms with Crippen LogP contribution in [-0.4, -0.2) is 24.7 Å². The van der Waals surface area contributed by atoms with Gasteiger partial charge in [0, 0.05) is 19.4 Å². The van der Waals surface area contributed by atoms with Gasteiger partial charge in [-0.3, -0.25) is 4.79 Å². The first-order chi connectivity index (χ1) is 9.04. The maximum atomic E-state index is 13.6. The summed E-state index contributed by atoms with van der Waals surface area (Å²) in [5.41, 5.74) is 0.348. The number of rotatable bonds is 3. The quantitative estimate of drug-likeness (QED) is 0.855. The molecule has 1 aromatic rings. The van der Waals surface area contributed by atoms with E-state index in [-0.39, 0.29) is 18.1 Å². The molecule has 2 unspecified atom stereocenters. The van der Waals surface area contributed by atoms with Crippen molar-refractivity contribution in [2.75, 3.05) is 6.54 Å². The normalized spacial score (nSPS) is 23.1. The second-order valence-electron chi connectivity index (χ2n) is 4.85. The van der Waals surface area contributed by atoms with E-state index in [4.69, 9.17) is 4.74 Å². The molecule has 1 aliphatic rings. The monoisotopic (exact) mass is 269 g/mol. The topological polar surface area (TPSA) is 38.3 Å². The Balaban J connectivity index is 1.98. The van der Waals surface area contributed by atoms with Crippen molar-refractivity contribution in [3.8, 4) is 0 Å². The number of hydrogen-bond donors (Lipinski definition) is 1. The molecule has 0 radical (unpaired) electrons. The van der Waals surface area contributed by atoms with Crippen molar-refractivity contribution >= 4 is 5.97 Å². The molecule has 1 aromatic carbocycles. The number of benzene rings is 1. The zero-order valence-electron chi connectivity index (χ0n) is 10.8. The molecule has 1 heterocycles. The molecule has 2 rings (SSSR count). The van der Waals surface area contributed by atoms with E-state index in [1.165, 1.54) is 13.0 Å². The molecule has 0 amide bonds. The molecule has 0 saturated carbocycles. The van der Waals surface area contributed by atoms with E-state index >= 15 is 0 Å². The minimum absolute atomic E-state index is 0.00519. The van der Waals surface area contributed by atoms with Crippen LogP contribution in [0.2, 0.25) is 0 Å². The van der Waals surface area contributed by atoms with Gasteiger partial charge in [0.1, 0.15) is 17.7 Å². The molecule has 0 spiro atoms. The van der Waals surface area contributed by atoms with Crippen LogP contribution in [0.1, 0.15) is 25.3 Å². The number of nitrogens with one attached hydrogen (secondary N) is 1. The fraction of sp³-hybridized carbons (Fsp3) is 0.500. The number of carbonyl (C=O) groups excluding carboxylic acids is 1. The van der Waals surface area contributed by atoms with Gasteiger partial charge in [-0.25, -0.2) is 8.78 Å². The molecule has 1 saturated heterocycles. The van der Waals surface area contributed by atoms with Gasteiger partial charge in [-0.1, -0.05) is 0 Å². The van der Waals surface area contributed by atoms with E-state index in [0.29, 0.717) is 24.9 Å². The molecule has 1 N–H and O–H groups in total. The van der Waals surface area contributed by atoms with Crippen LogP contribution >= 0.6 is 0 Å². The van der Waals surface area contributed by atoms with Crippen molar-refractivity contribution in [1.82, 2.24) is 5.32 Å². The lowest BCUT2D eigenvalue weighted by molar-refractivity contribution is -0.147. The van der Waals surface area contributed by atoms with E-state index < -0.39 is 11.6 Å². The second kappa shape index (κ2) is 6.10. The van der Waals surface area contributed by atoms with Gasteiger partial charge in [0.15, 0.2) is 0 Å². The number of piperidine rings is 1. The average Bonchev–Trinajstić information content (AvgIpc) is 2.33. The molecule has 3 nitrogen and oxygen atoms in total. The predicted octanol–water partition coefficient (Wildman–Crippen LogP) is 2.19. The highest BCUT2D eigenvalue weighted by molar-refractivity contribution is 5.66. The Morgan fingerprint density at radius 3 is 3.00 bits per heavy atom. The SMILES string of the molecule is CC(=O)OC1CCNC(Cc2cc(F)ccc2F)C1. The van der Waals surface area contributed by atoms with E-state index in [2.05, 4.69) is 5.32 Å². The first kappa shape index (κ1) is 13.9. The summed E-state index contributed by atoms with van der Waals surface area (Å²) < 4.78 is 31.8. The fourth-order valence-electron chi connectivity index (χ4n) is 2.43. The largest absolute Gasteiger partial charge is 0.462 e. The summed E-state index contributed by atoms with van der Waals surface area (Å²) in [6.07, 6.45) is 1.62. The first-order valence-electron chi connectivity index (χ1n) is 6.39. The zero-order chi connectivity index (χ0) is 13.8. The van der Waals surface area contributed by atoms with Gasteiger partial charge in [0.2, 0.25) is 0 Å². The number of halogens is 2. The summed E-state index contributed by atoms with van der Waals surface area (Å²) >= 11 is 0. The van der Waals surface area contributed by atoms with Crippen molar-refractivity contribution in [3.63, 3.8) is 0 Å². The van der Waals surface area contributed by atoms with Gasteiger partial charge in [-0.05, 0) is 43.1 Å². The lowest BCUT2D eigenvalue weighted by atomic mass is 9.95. The third-order valence-corrected chi connectivity index (χ3v) is 3.25. The molecule has 0 bridgehead atoms. The lowest BCUT2D eigenvalue weighted by Crippen LogP contribution is -2.43. The number of carbonyl (C=O) groups is 1. The van der Waals surface area contributed by atoms with Crippen LogP contribution in [0, 0.1) is 11.6 Å². The third kappa shape index (κ3) is 3.99. The lowest BCUT2D eigenvalue weighted by Gasteiger charge is -2.30. The van der Waals surface area contributed by atoms with E-state index in [1.54, 1.807) is 0 Å². The molecule has 5 heteroatoms. The summed E-state index contributed by atoms with van der Waals surface area (Å²) in [5.74, 6) is -1.15. The van der Waals surface area contributed by atoms with Crippen molar-refractivity contribution in [3.05, 3.63) is 35.4 Å². The highest BCUT2D eigenvalue weighted by Crippen LogP contribution is 2.18. The van der Waals surface area contributed by atoms with Crippen molar-refractivity contribution in [2.24, 2.45) is 0 Å². The van der Waals surface area contributed by atoms with Gasteiger partial charge >= 0.3 is 5.97 Å². The summed E-state index contributed by atoms with van der Waals surface area (Å²) in [6, 6.07) is 3.45. The van der Waals surface area contributed by atoms with E-state index in [9.17, 15) is 13.6 Å². The average molecular weight is 269 g/mol. The van der Waals surface area contributed by atoms with Crippen LogP contribution < -0.4 is 5.32 Å². The van der Waals surface area contributed by atoms with Crippen molar-refractivity contribution in [1.29, 1.82) is 0 Å². The number of ether oxygens (including phenoxy) is 1. The molecule has 1 fully saturated rings. The van der Waals surface area contributed by atoms with Crippen LogP contribution in [0.25, 0.3) is 0 Å². The minimum Gasteiger partial charge on any atom is -0.462 e. The van der Waals surface area contributed by atoms with Crippen LogP contribution in [0.5, 0.6) is 0 Å². The van der Waals surface area contributed by atoms with Crippen LogP contribution in [0.4, 0.5) is 8.78 Å². The van der Waals surface area contributed by atoms with Crippen molar-refractivity contribution in [2.45, 2.75) is 38.3 Å². The Hall–Kier alpha value is -1.49. The number of hydrogen-bond acceptors (Lipinski definition) is 3. The minimum atomic E-state index is -0.441. The number of esters is 1. The maximum Gasteiger partial charge on any atom is 0.302 e. The van der Waals surface area contributed by atoms with E-state index in [0.717, 1.165) is 18.6 Å². The molecule has 104 valence electrons. The standard InChI is InChI=1S/C14H17F2NO2/c1-9(18)19-13-4-5-17-12(8-13)7-10-6-11(15)2-3-14(10)16/h2-3,6,12-13,17H,4-5,7-8H2,1H3. The molecular formula is C14H17F2NO2. The summed E-state index contributed by atoms with van der Waals surface area (Å²) in [7, 11) is 0. The van der Waals surface area contributed by atoms with Gasteiger partial charge in [0.25, 0.3) is 0 Å². The second-order valence-corrected chi connectivity index (χ2v) is 4.85. The van der Waals surface area contributed by atoms with Crippen molar-refractivity contribution < 1.29 is 18.3 Å². The van der Waals surface area contributed by atoms with Crippen LogP contribution in [0.15, 0.2) is 18.2 Å². The first-order valence-corrected chi connectivity index (χ1v) is 6.39. The van der Waals surface area contributed by atoms with Gasteiger partial charge in [0.05, 0.1) is 0 Å². The summed E-state index contributed by atoms with van der Waals surface area (Å²) in [4.78, 5) is 10.9. The molecule has 2 atom stereocenters. The van der Waals surface area contributed by atoms with Gasteiger partial charge in [-0.2, -0.15) is 0 Å². The third-order valence-electron chi connectivity index (χ3n) is 3.25. The molecular weight excluding hydrogens is 252 g/mol. The smallest absolute Gasteiger partial charge is 0.302 e. The Kier molecular flexibility index (Phi) is 4.47. The molecule has 0 aliphatic carbocycles. The molecule has 19 heavy (non-hydrogen) atoms. The fourth-order valence-corrected chi connectivity index (χ4v) is 2.43. The van der Waals surface area contributed by atoms with Gasteiger partial charge < -0.3 is 10.1 Å². The summed E-state index contributed by atoms with van der Waals surface area (Å²) in [5, 5.41) is 3.24. The van der Waals surface area contributed by atoms with E-state index in [1.807, 2.05) is 0 Å². The van der Waals surface area contributed by atoms with Crippen LogP contribution in [-0.2, 0) is 16.0 Å². The summed E-state index contributed by atoms with van der Waals surface area (Å²) in [6.45, 7) is 2.09. The van der Waals surface area contributed by atoms with Crippen LogP contribution in [0.3, 0.4) is 0 Å². The highest BCUT2D eigenvalue weighted by atomic mass is 19.1. The molecule has 0 aromatic heterocycles. The highest BCUT2D eigenvalue weighted by Gasteiger charge is 2.24. The Bertz CT molecular complexity index is 465. The zero-order valence-corrected chi connectivity index (χ0v) is 10.8. The maximum absolute atomic E-state index is 13.6.